The third kappa shape index (κ3) is 4.68. The lowest BCUT2D eigenvalue weighted by atomic mass is 9.67. The van der Waals surface area contributed by atoms with Gasteiger partial charge in [-0.3, -0.25) is 0 Å². The smallest absolute Gasteiger partial charge is 0.170 e. The van der Waals surface area contributed by atoms with Crippen molar-refractivity contribution in [2.45, 2.75) is 5.41 Å². The van der Waals surface area contributed by atoms with Gasteiger partial charge in [0.1, 0.15) is 0 Å². The summed E-state index contributed by atoms with van der Waals surface area (Å²) < 4.78 is 12.8. The second kappa shape index (κ2) is 11.7. The van der Waals surface area contributed by atoms with Gasteiger partial charge < -0.3 is 9.47 Å². The average molecular weight is 655 g/mol. The number of fused-ring (bicyclic) bond motifs is 5. The standard InChI is InChI=1S/C47H30N2O2/c1-3-13-31(14-4-1)40-30-41(49-46(48-40)33-15-5-2-6-16-33)32-23-25-34(26-24-32)47(38-19-9-7-17-36(38)37-18-8-10-20-39(37)47)35-27-28-44-45(29-35)51-43-22-12-11-21-42(43)50-44/h1-30H. The van der Waals surface area contributed by atoms with E-state index in [1.165, 1.54) is 22.3 Å². The summed E-state index contributed by atoms with van der Waals surface area (Å²) in [5, 5.41) is 0. The molecule has 0 bridgehead atoms. The molecule has 0 amide bonds. The molecule has 7 aromatic carbocycles. The lowest BCUT2D eigenvalue weighted by Crippen LogP contribution is -2.28. The van der Waals surface area contributed by atoms with Gasteiger partial charge in [0, 0.05) is 16.7 Å². The van der Waals surface area contributed by atoms with Crippen LogP contribution in [0.1, 0.15) is 22.3 Å². The van der Waals surface area contributed by atoms with Crippen molar-refractivity contribution >= 4 is 0 Å². The summed E-state index contributed by atoms with van der Waals surface area (Å²) in [5.74, 6) is 3.53. The van der Waals surface area contributed by atoms with Crippen LogP contribution in [0.25, 0.3) is 45.0 Å². The van der Waals surface area contributed by atoms with Crippen molar-refractivity contribution in [1.29, 1.82) is 0 Å². The molecule has 4 heteroatoms. The van der Waals surface area contributed by atoms with Crippen LogP contribution in [-0.4, -0.2) is 9.97 Å². The lowest BCUT2D eigenvalue weighted by Gasteiger charge is -2.34. The van der Waals surface area contributed by atoms with Crippen molar-refractivity contribution in [2.75, 3.05) is 0 Å². The van der Waals surface area contributed by atoms with Crippen molar-refractivity contribution in [3.8, 4) is 68.0 Å². The number of ether oxygens (including phenoxy) is 2. The maximum absolute atomic E-state index is 6.47. The molecular formula is C47H30N2O2. The monoisotopic (exact) mass is 654 g/mol. The quantitative estimate of drug-likeness (QED) is 0.185. The third-order valence-corrected chi connectivity index (χ3v) is 10.1. The first-order valence-electron chi connectivity index (χ1n) is 17.2. The average Bonchev–Trinajstić information content (AvgIpc) is 3.51. The first-order chi connectivity index (χ1) is 25.3. The number of nitrogens with zero attached hydrogens (tertiary/aromatic N) is 2. The highest BCUT2D eigenvalue weighted by molar-refractivity contribution is 5.87. The van der Waals surface area contributed by atoms with Gasteiger partial charge in [-0.1, -0.05) is 152 Å². The Bertz CT molecular complexity index is 2480. The van der Waals surface area contributed by atoms with Gasteiger partial charge in [-0.25, -0.2) is 9.97 Å². The van der Waals surface area contributed by atoms with E-state index in [1.54, 1.807) is 0 Å². The molecule has 0 unspecified atom stereocenters. The minimum atomic E-state index is -0.600. The summed E-state index contributed by atoms with van der Waals surface area (Å²) >= 11 is 0. The van der Waals surface area contributed by atoms with E-state index < -0.39 is 5.41 Å². The Morgan fingerprint density at radius 3 is 1.45 bits per heavy atom. The molecule has 2 aliphatic rings. The van der Waals surface area contributed by atoms with Crippen molar-refractivity contribution < 1.29 is 9.47 Å². The van der Waals surface area contributed by atoms with Crippen molar-refractivity contribution in [3.63, 3.8) is 0 Å². The van der Waals surface area contributed by atoms with Gasteiger partial charge in [0.05, 0.1) is 16.8 Å². The molecule has 0 N–H and O–H groups in total. The summed E-state index contributed by atoms with van der Waals surface area (Å²) in [7, 11) is 0. The van der Waals surface area contributed by atoms with Gasteiger partial charge >= 0.3 is 0 Å². The molecule has 0 fully saturated rings. The fraction of sp³-hybridized carbons (Fsp3) is 0.0213. The van der Waals surface area contributed by atoms with E-state index in [-0.39, 0.29) is 0 Å². The van der Waals surface area contributed by atoms with Crippen LogP contribution in [0.2, 0.25) is 0 Å². The summed E-state index contributed by atoms with van der Waals surface area (Å²) in [6.07, 6.45) is 0. The number of para-hydroxylation sites is 2. The van der Waals surface area contributed by atoms with Gasteiger partial charge in [-0.05, 0) is 63.7 Å². The molecule has 0 atom stereocenters. The first kappa shape index (κ1) is 29.2. The summed E-state index contributed by atoms with van der Waals surface area (Å²) in [5.41, 5.74) is 11.4. The molecule has 51 heavy (non-hydrogen) atoms. The van der Waals surface area contributed by atoms with E-state index in [4.69, 9.17) is 19.4 Å². The van der Waals surface area contributed by atoms with Gasteiger partial charge in [0.25, 0.3) is 0 Å². The number of hydrogen-bond acceptors (Lipinski definition) is 4. The minimum absolute atomic E-state index is 0.600. The van der Waals surface area contributed by atoms with Crippen molar-refractivity contribution in [2.24, 2.45) is 0 Å². The Kier molecular flexibility index (Phi) is 6.68. The summed E-state index contributed by atoms with van der Waals surface area (Å²) in [6.45, 7) is 0. The van der Waals surface area contributed by atoms with Crippen LogP contribution in [0, 0.1) is 0 Å². The summed E-state index contributed by atoms with van der Waals surface area (Å²) in [4.78, 5) is 10.1. The molecule has 0 saturated heterocycles. The van der Waals surface area contributed by atoms with Crippen LogP contribution in [-0.2, 0) is 5.41 Å². The Morgan fingerprint density at radius 1 is 0.353 bits per heavy atom. The Hall–Kier alpha value is -6.78. The van der Waals surface area contributed by atoms with Crippen LogP contribution in [0.15, 0.2) is 182 Å². The maximum Gasteiger partial charge on any atom is 0.170 e. The van der Waals surface area contributed by atoms with E-state index in [2.05, 4.69) is 115 Å². The molecule has 2 heterocycles. The maximum atomic E-state index is 6.47. The topological polar surface area (TPSA) is 44.2 Å². The normalized spacial score (nSPS) is 13.2. The SMILES string of the molecule is c1ccc(-c2cc(-c3ccc(C4(c5ccc6c(c5)Oc5ccccc5O6)c5ccccc5-c5ccccc54)cc3)nc(-c3ccccc3)n2)cc1. The Balaban J connectivity index is 1.15. The molecule has 0 saturated carbocycles. The fourth-order valence-corrected chi connectivity index (χ4v) is 7.74. The third-order valence-electron chi connectivity index (χ3n) is 10.1. The first-order valence-corrected chi connectivity index (χ1v) is 17.2. The predicted octanol–water partition coefficient (Wildman–Crippen LogP) is 11.7. The molecule has 1 aliphatic heterocycles. The highest BCUT2D eigenvalue weighted by Crippen LogP contribution is 2.57. The highest BCUT2D eigenvalue weighted by Gasteiger charge is 2.46. The Labute approximate surface area is 296 Å². The molecule has 1 aromatic heterocycles. The van der Waals surface area contributed by atoms with Gasteiger partial charge in [-0.15, -0.1) is 0 Å². The minimum Gasteiger partial charge on any atom is -0.450 e. The predicted molar refractivity (Wildman–Crippen MR) is 202 cm³/mol. The zero-order valence-electron chi connectivity index (χ0n) is 27.5. The zero-order valence-corrected chi connectivity index (χ0v) is 27.5. The second-order valence-electron chi connectivity index (χ2n) is 12.9. The van der Waals surface area contributed by atoms with Crippen LogP contribution >= 0.6 is 0 Å². The lowest BCUT2D eigenvalue weighted by molar-refractivity contribution is 0.359. The molecule has 240 valence electrons. The van der Waals surface area contributed by atoms with E-state index in [0.717, 1.165) is 45.0 Å². The van der Waals surface area contributed by atoms with E-state index in [1.807, 2.05) is 66.7 Å². The number of benzene rings is 7. The zero-order chi connectivity index (χ0) is 33.8. The largest absolute Gasteiger partial charge is 0.450 e. The van der Waals surface area contributed by atoms with Crippen molar-refractivity contribution in [3.05, 3.63) is 204 Å². The number of aromatic nitrogens is 2. The van der Waals surface area contributed by atoms with Gasteiger partial charge in [0.2, 0.25) is 0 Å². The van der Waals surface area contributed by atoms with Crippen LogP contribution < -0.4 is 9.47 Å². The molecule has 4 nitrogen and oxygen atoms in total. The van der Waals surface area contributed by atoms with E-state index in [9.17, 15) is 0 Å². The van der Waals surface area contributed by atoms with E-state index >= 15 is 0 Å². The molecule has 0 radical (unpaired) electrons. The van der Waals surface area contributed by atoms with Crippen LogP contribution in [0.3, 0.4) is 0 Å². The van der Waals surface area contributed by atoms with Gasteiger partial charge in [0.15, 0.2) is 28.8 Å². The number of rotatable bonds is 5. The molecule has 8 aromatic rings. The molecule has 10 rings (SSSR count). The van der Waals surface area contributed by atoms with Gasteiger partial charge in [-0.2, -0.15) is 0 Å². The second-order valence-corrected chi connectivity index (χ2v) is 12.9. The van der Waals surface area contributed by atoms with Crippen LogP contribution in [0.5, 0.6) is 23.0 Å². The number of hydrogen-bond donors (Lipinski definition) is 0. The summed E-state index contributed by atoms with van der Waals surface area (Å²) in [6, 6.07) is 63.2. The highest BCUT2D eigenvalue weighted by atomic mass is 16.6. The fourth-order valence-electron chi connectivity index (χ4n) is 7.74. The van der Waals surface area contributed by atoms with E-state index in [0.29, 0.717) is 23.1 Å². The molecule has 0 spiro atoms. The van der Waals surface area contributed by atoms with Crippen molar-refractivity contribution in [1.82, 2.24) is 9.97 Å². The molecular weight excluding hydrogens is 625 g/mol. The van der Waals surface area contributed by atoms with Crippen LogP contribution in [0.4, 0.5) is 0 Å². The Morgan fingerprint density at radius 2 is 0.824 bits per heavy atom. The molecule has 1 aliphatic carbocycles.